The van der Waals surface area contributed by atoms with Crippen LogP contribution < -0.4 is 4.90 Å². The van der Waals surface area contributed by atoms with Gasteiger partial charge < -0.3 is 9.64 Å². The smallest absolute Gasteiger partial charge is 0.177 e. The molecule has 26 heavy (non-hydrogen) atoms. The molecule has 2 aromatic carbocycles. The highest BCUT2D eigenvalue weighted by atomic mass is 19.1. The molecule has 2 heterocycles. The Bertz CT molecular complexity index is 947. The van der Waals surface area contributed by atoms with Gasteiger partial charge in [-0.15, -0.1) is 5.10 Å². The highest BCUT2D eigenvalue weighted by Gasteiger charge is 2.29. The Labute approximate surface area is 150 Å². The topological polar surface area (TPSA) is 67.0 Å². The normalized spacial score (nSPS) is 16.6. The molecular weight excluding hydrogens is 333 g/mol. The second kappa shape index (κ2) is 6.94. The number of benzene rings is 2. The van der Waals surface area contributed by atoms with Gasteiger partial charge in [0, 0.05) is 12.2 Å². The highest BCUT2D eigenvalue weighted by Crippen LogP contribution is 2.31. The number of nitrogens with zero attached hydrogens (tertiary/aromatic N) is 5. The van der Waals surface area contributed by atoms with Crippen molar-refractivity contribution in [2.75, 3.05) is 18.1 Å². The molecular formula is C19H16FN5O. The monoisotopic (exact) mass is 349 g/mol. The van der Waals surface area contributed by atoms with Crippen molar-refractivity contribution >= 4 is 5.69 Å². The fourth-order valence-corrected chi connectivity index (χ4v) is 3.06. The first-order valence-corrected chi connectivity index (χ1v) is 8.26. The Kier molecular flexibility index (Phi) is 4.33. The maximum absolute atomic E-state index is 13.2. The number of halogens is 1. The molecule has 1 aliphatic heterocycles. The quantitative estimate of drug-likeness (QED) is 0.724. The fourth-order valence-electron chi connectivity index (χ4n) is 3.06. The predicted octanol–water partition coefficient (Wildman–Crippen LogP) is 2.87. The molecule has 1 aliphatic rings. The van der Waals surface area contributed by atoms with Crippen molar-refractivity contribution in [2.24, 2.45) is 0 Å². The van der Waals surface area contributed by atoms with Gasteiger partial charge in [-0.25, -0.2) is 9.07 Å². The van der Waals surface area contributed by atoms with Crippen molar-refractivity contribution in [1.82, 2.24) is 15.0 Å². The van der Waals surface area contributed by atoms with Crippen LogP contribution in [0.25, 0.3) is 0 Å². The minimum absolute atomic E-state index is 0.271. The molecule has 3 aromatic rings. The molecule has 0 spiro atoms. The summed E-state index contributed by atoms with van der Waals surface area (Å²) < 4.78 is 20.7. The summed E-state index contributed by atoms with van der Waals surface area (Å²) in [6.45, 7) is 1.71. The van der Waals surface area contributed by atoms with Gasteiger partial charge in [-0.05, 0) is 35.9 Å². The standard InChI is InChI=1S/C19H16FN5O/c20-16-5-7-17(8-6-16)25-9-10-26-19(25)18-13-24(23-22-18)12-15-4-2-1-3-14(15)11-21/h1-8,13,19H,9-10,12H2/t19-/m1/s1. The van der Waals surface area contributed by atoms with Gasteiger partial charge in [0.15, 0.2) is 6.23 Å². The van der Waals surface area contributed by atoms with Crippen LogP contribution in [0.5, 0.6) is 0 Å². The lowest BCUT2D eigenvalue weighted by atomic mass is 10.1. The second-order valence-electron chi connectivity index (χ2n) is 6.00. The first kappa shape index (κ1) is 16.2. The summed E-state index contributed by atoms with van der Waals surface area (Å²) in [5, 5.41) is 17.6. The van der Waals surface area contributed by atoms with Crippen LogP contribution in [0.15, 0.2) is 54.7 Å². The van der Waals surface area contributed by atoms with Gasteiger partial charge in [-0.1, -0.05) is 23.4 Å². The second-order valence-corrected chi connectivity index (χ2v) is 6.00. The van der Waals surface area contributed by atoms with Crippen molar-refractivity contribution < 1.29 is 9.13 Å². The largest absolute Gasteiger partial charge is 0.350 e. The predicted molar refractivity (Wildman–Crippen MR) is 92.7 cm³/mol. The van der Waals surface area contributed by atoms with Gasteiger partial charge in [0.05, 0.1) is 31.0 Å². The first-order valence-electron chi connectivity index (χ1n) is 8.26. The molecule has 0 amide bonds. The van der Waals surface area contributed by atoms with Crippen LogP contribution in [-0.4, -0.2) is 28.1 Å². The van der Waals surface area contributed by atoms with Crippen LogP contribution >= 0.6 is 0 Å². The molecule has 0 aliphatic carbocycles. The number of hydrogen-bond donors (Lipinski definition) is 0. The van der Waals surface area contributed by atoms with Crippen LogP contribution in [-0.2, 0) is 11.3 Å². The van der Waals surface area contributed by atoms with E-state index in [0.29, 0.717) is 31.0 Å². The summed E-state index contributed by atoms with van der Waals surface area (Å²) in [4.78, 5) is 2.02. The molecule has 0 radical (unpaired) electrons. The van der Waals surface area contributed by atoms with Crippen LogP contribution in [0.3, 0.4) is 0 Å². The van der Waals surface area contributed by atoms with Crippen LogP contribution in [0.4, 0.5) is 10.1 Å². The third-order valence-corrected chi connectivity index (χ3v) is 4.33. The lowest BCUT2D eigenvalue weighted by molar-refractivity contribution is 0.110. The van der Waals surface area contributed by atoms with Gasteiger partial charge in [0.2, 0.25) is 0 Å². The van der Waals surface area contributed by atoms with E-state index in [1.807, 2.05) is 29.3 Å². The zero-order chi connectivity index (χ0) is 17.9. The Morgan fingerprint density at radius 2 is 2.00 bits per heavy atom. The molecule has 0 unspecified atom stereocenters. The minimum atomic E-state index is -0.361. The van der Waals surface area contributed by atoms with Gasteiger partial charge in [-0.2, -0.15) is 5.26 Å². The Morgan fingerprint density at radius 1 is 1.19 bits per heavy atom. The number of anilines is 1. The fraction of sp³-hybridized carbons (Fsp3) is 0.211. The van der Waals surface area contributed by atoms with Crippen molar-refractivity contribution in [3.63, 3.8) is 0 Å². The van der Waals surface area contributed by atoms with E-state index in [-0.39, 0.29) is 12.0 Å². The molecule has 1 fully saturated rings. The minimum Gasteiger partial charge on any atom is -0.350 e. The average Bonchev–Trinajstić information content (AvgIpc) is 3.32. The van der Waals surface area contributed by atoms with E-state index < -0.39 is 0 Å². The molecule has 1 saturated heterocycles. The van der Waals surface area contributed by atoms with Crippen molar-refractivity contribution in [1.29, 1.82) is 5.26 Å². The number of aromatic nitrogens is 3. The number of nitriles is 1. The maximum Gasteiger partial charge on any atom is 0.177 e. The van der Waals surface area contributed by atoms with E-state index in [0.717, 1.165) is 11.3 Å². The van der Waals surface area contributed by atoms with E-state index in [2.05, 4.69) is 16.4 Å². The number of hydrogen-bond acceptors (Lipinski definition) is 5. The summed E-state index contributed by atoms with van der Waals surface area (Å²) in [7, 11) is 0. The summed E-state index contributed by atoms with van der Waals surface area (Å²) in [5.74, 6) is -0.271. The molecule has 1 atom stereocenters. The zero-order valence-corrected chi connectivity index (χ0v) is 13.9. The molecule has 4 rings (SSSR count). The Hall–Kier alpha value is -3.24. The molecule has 130 valence electrons. The molecule has 0 bridgehead atoms. The first-order chi connectivity index (χ1) is 12.7. The van der Waals surface area contributed by atoms with Crippen molar-refractivity contribution in [3.8, 4) is 6.07 Å². The van der Waals surface area contributed by atoms with E-state index in [4.69, 9.17) is 4.74 Å². The summed E-state index contributed by atoms with van der Waals surface area (Å²) in [6, 6.07) is 15.9. The van der Waals surface area contributed by atoms with Crippen LogP contribution in [0, 0.1) is 17.1 Å². The Balaban J connectivity index is 1.55. The van der Waals surface area contributed by atoms with E-state index >= 15 is 0 Å². The van der Waals surface area contributed by atoms with Crippen molar-refractivity contribution in [3.05, 3.63) is 77.4 Å². The third-order valence-electron chi connectivity index (χ3n) is 4.33. The molecule has 6 nitrogen and oxygen atoms in total. The summed E-state index contributed by atoms with van der Waals surface area (Å²) in [6.07, 6.45) is 1.46. The lowest BCUT2D eigenvalue weighted by Crippen LogP contribution is -2.23. The summed E-state index contributed by atoms with van der Waals surface area (Å²) in [5.41, 5.74) is 3.06. The number of ether oxygens (including phenoxy) is 1. The Morgan fingerprint density at radius 3 is 2.81 bits per heavy atom. The van der Waals surface area contributed by atoms with E-state index in [1.54, 1.807) is 22.9 Å². The summed E-state index contributed by atoms with van der Waals surface area (Å²) >= 11 is 0. The third kappa shape index (κ3) is 3.15. The SMILES string of the molecule is N#Cc1ccccc1Cn1cc([C@H]2OCCN2c2ccc(F)cc2)nn1. The zero-order valence-electron chi connectivity index (χ0n) is 13.9. The average molecular weight is 349 g/mol. The lowest BCUT2D eigenvalue weighted by Gasteiger charge is -2.23. The molecule has 0 N–H and O–H groups in total. The molecule has 0 saturated carbocycles. The van der Waals surface area contributed by atoms with E-state index in [9.17, 15) is 9.65 Å². The van der Waals surface area contributed by atoms with Gasteiger partial charge in [-0.3, -0.25) is 0 Å². The van der Waals surface area contributed by atoms with Gasteiger partial charge >= 0.3 is 0 Å². The highest BCUT2D eigenvalue weighted by molar-refractivity contribution is 5.48. The van der Waals surface area contributed by atoms with Crippen LogP contribution in [0.1, 0.15) is 23.0 Å². The number of rotatable bonds is 4. The van der Waals surface area contributed by atoms with Gasteiger partial charge in [0.1, 0.15) is 11.5 Å². The molecule has 7 heteroatoms. The molecule has 1 aromatic heterocycles. The maximum atomic E-state index is 13.2. The van der Waals surface area contributed by atoms with Crippen LogP contribution in [0.2, 0.25) is 0 Å². The van der Waals surface area contributed by atoms with Gasteiger partial charge in [0.25, 0.3) is 0 Å². The van der Waals surface area contributed by atoms with E-state index in [1.165, 1.54) is 12.1 Å². The van der Waals surface area contributed by atoms with Crippen molar-refractivity contribution in [2.45, 2.75) is 12.8 Å².